The van der Waals surface area contributed by atoms with Crippen LogP contribution in [0, 0.1) is 27.4 Å². The molecule has 1 aromatic carbocycles. The highest BCUT2D eigenvalue weighted by atomic mass is 16.6. The van der Waals surface area contributed by atoms with Gasteiger partial charge in [0.2, 0.25) is 5.91 Å². The zero-order valence-corrected chi connectivity index (χ0v) is 8.84. The van der Waals surface area contributed by atoms with Gasteiger partial charge in [-0.3, -0.25) is 14.9 Å². The first-order chi connectivity index (χ1) is 8.11. The molecule has 0 bridgehead atoms. The topological polar surface area (TPSA) is 96.0 Å². The summed E-state index contributed by atoms with van der Waals surface area (Å²) in [6.45, 7) is 0. The SMILES string of the molecule is N#Cc1ccc(NC(=O)C2CC2)c([N+](=O)[O-])c1. The van der Waals surface area contributed by atoms with E-state index in [1.165, 1.54) is 12.1 Å². The van der Waals surface area contributed by atoms with Crippen LogP contribution in [-0.4, -0.2) is 10.8 Å². The van der Waals surface area contributed by atoms with Gasteiger partial charge in [-0.25, -0.2) is 0 Å². The van der Waals surface area contributed by atoms with Crippen molar-refractivity contribution in [3.63, 3.8) is 0 Å². The summed E-state index contributed by atoms with van der Waals surface area (Å²) in [5.41, 5.74) is 0.0880. The number of nitrogens with zero attached hydrogens (tertiary/aromatic N) is 2. The van der Waals surface area contributed by atoms with Gasteiger partial charge in [0.1, 0.15) is 5.69 Å². The van der Waals surface area contributed by atoms with Crippen molar-refractivity contribution in [1.82, 2.24) is 0 Å². The first-order valence-corrected chi connectivity index (χ1v) is 5.11. The Kier molecular flexibility index (Phi) is 2.75. The van der Waals surface area contributed by atoms with Gasteiger partial charge in [-0.2, -0.15) is 5.26 Å². The molecule has 0 aromatic heterocycles. The number of nitrogens with one attached hydrogen (secondary N) is 1. The summed E-state index contributed by atoms with van der Waals surface area (Å²) in [5, 5.41) is 22.0. The second kappa shape index (κ2) is 4.22. The number of hydrogen-bond donors (Lipinski definition) is 1. The second-order valence-electron chi connectivity index (χ2n) is 3.86. The van der Waals surface area contributed by atoms with Crippen molar-refractivity contribution in [2.75, 3.05) is 5.32 Å². The molecule has 1 fully saturated rings. The molecular weight excluding hydrogens is 222 g/mol. The van der Waals surface area contributed by atoms with Crippen LogP contribution >= 0.6 is 0 Å². The Balaban J connectivity index is 2.29. The number of carbonyl (C=O) groups excluding carboxylic acids is 1. The van der Waals surface area contributed by atoms with Gasteiger partial charge in [-0.05, 0) is 25.0 Å². The fourth-order valence-electron chi connectivity index (χ4n) is 1.44. The average Bonchev–Trinajstić information content (AvgIpc) is 3.13. The van der Waals surface area contributed by atoms with Crippen LogP contribution in [0.15, 0.2) is 18.2 Å². The summed E-state index contributed by atoms with van der Waals surface area (Å²) in [5.74, 6) is -0.219. The molecule has 6 heteroatoms. The Morgan fingerprint density at radius 2 is 2.24 bits per heavy atom. The number of benzene rings is 1. The van der Waals surface area contributed by atoms with Crippen molar-refractivity contribution in [3.05, 3.63) is 33.9 Å². The molecular formula is C11H9N3O3. The second-order valence-corrected chi connectivity index (χ2v) is 3.86. The molecule has 6 nitrogen and oxygen atoms in total. The summed E-state index contributed by atoms with van der Waals surface area (Å²) in [4.78, 5) is 21.7. The van der Waals surface area contributed by atoms with Crippen molar-refractivity contribution in [2.24, 2.45) is 5.92 Å². The quantitative estimate of drug-likeness (QED) is 0.633. The van der Waals surface area contributed by atoms with Crippen molar-refractivity contribution < 1.29 is 9.72 Å². The number of hydrogen-bond acceptors (Lipinski definition) is 4. The number of amides is 1. The lowest BCUT2D eigenvalue weighted by Crippen LogP contribution is -2.14. The molecule has 0 aliphatic heterocycles. The van der Waals surface area contributed by atoms with E-state index in [9.17, 15) is 14.9 Å². The summed E-state index contributed by atoms with van der Waals surface area (Å²) in [6.07, 6.45) is 1.66. The molecule has 0 spiro atoms. The van der Waals surface area contributed by atoms with E-state index in [0.717, 1.165) is 18.9 Å². The largest absolute Gasteiger partial charge is 0.320 e. The normalized spacial score (nSPS) is 13.8. The molecule has 0 radical (unpaired) electrons. The standard InChI is InChI=1S/C11H9N3O3/c12-6-7-1-4-9(10(5-7)14(16)17)13-11(15)8-2-3-8/h1,4-5,8H,2-3H2,(H,13,15). The summed E-state index contributed by atoms with van der Waals surface area (Å²) in [6, 6.07) is 5.80. The van der Waals surface area contributed by atoms with Gasteiger partial charge in [0, 0.05) is 12.0 Å². The predicted octanol–water partition coefficient (Wildman–Crippen LogP) is 1.81. The first kappa shape index (κ1) is 11.1. The zero-order chi connectivity index (χ0) is 12.4. The Labute approximate surface area is 97.0 Å². The highest BCUT2D eigenvalue weighted by Crippen LogP contribution is 2.32. The average molecular weight is 231 g/mol. The Morgan fingerprint density at radius 3 is 2.76 bits per heavy atom. The minimum absolute atomic E-state index is 0.0229. The smallest absolute Gasteiger partial charge is 0.294 e. The van der Waals surface area contributed by atoms with Crippen LogP contribution in [0.25, 0.3) is 0 Å². The van der Waals surface area contributed by atoms with E-state index < -0.39 is 4.92 Å². The fraction of sp³-hybridized carbons (Fsp3) is 0.273. The monoisotopic (exact) mass is 231 g/mol. The van der Waals surface area contributed by atoms with Crippen LogP contribution in [-0.2, 0) is 4.79 Å². The summed E-state index contributed by atoms with van der Waals surface area (Å²) in [7, 11) is 0. The lowest BCUT2D eigenvalue weighted by atomic mass is 10.2. The molecule has 1 N–H and O–H groups in total. The number of nitro benzene ring substituents is 1. The van der Waals surface area contributed by atoms with Crippen LogP contribution in [0.5, 0.6) is 0 Å². The molecule has 86 valence electrons. The van der Waals surface area contributed by atoms with Crippen molar-refractivity contribution in [2.45, 2.75) is 12.8 Å². The number of carbonyl (C=O) groups is 1. The maximum absolute atomic E-state index is 11.5. The maximum atomic E-state index is 11.5. The van der Waals surface area contributed by atoms with E-state index in [0.29, 0.717) is 0 Å². The fourth-order valence-corrected chi connectivity index (χ4v) is 1.44. The van der Waals surface area contributed by atoms with Crippen molar-refractivity contribution >= 4 is 17.3 Å². The highest BCUT2D eigenvalue weighted by molar-refractivity contribution is 5.96. The minimum atomic E-state index is -0.608. The molecule has 1 saturated carbocycles. The van der Waals surface area contributed by atoms with Crippen LogP contribution < -0.4 is 5.32 Å². The number of rotatable bonds is 3. The van der Waals surface area contributed by atoms with E-state index in [-0.39, 0.29) is 28.8 Å². The molecule has 1 aliphatic carbocycles. The van der Waals surface area contributed by atoms with Gasteiger partial charge < -0.3 is 5.32 Å². The lowest BCUT2D eigenvalue weighted by Gasteiger charge is -2.04. The Hall–Kier alpha value is -2.42. The van der Waals surface area contributed by atoms with Gasteiger partial charge in [0.15, 0.2) is 0 Å². The molecule has 0 saturated heterocycles. The van der Waals surface area contributed by atoms with Gasteiger partial charge >= 0.3 is 0 Å². The minimum Gasteiger partial charge on any atom is -0.320 e. The van der Waals surface area contributed by atoms with E-state index in [2.05, 4.69) is 5.32 Å². The summed E-state index contributed by atoms with van der Waals surface area (Å²) < 4.78 is 0. The number of anilines is 1. The van der Waals surface area contributed by atoms with E-state index in [4.69, 9.17) is 5.26 Å². The van der Waals surface area contributed by atoms with Gasteiger partial charge in [-0.1, -0.05) is 0 Å². The lowest BCUT2D eigenvalue weighted by molar-refractivity contribution is -0.383. The third-order valence-corrected chi connectivity index (χ3v) is 2.53. The highest BCUT2D eigenvalue weighted by Gasteiger charge is 2.30. The number of nitriles is 1. The molecule has 1 amide bonds. The summed E-state index contributed by atoms with van der Waals surface area (Å²) >= 11 is 0. The van der Waals surface area contributed by atoms with Crippen LogP contribution in [0.3, 0.4) is 0 Å². The molecule has 0 heterocycles. The van der Waals surface area contributed by atoms with E-state index in [1.807, 2.05) is 6.07 Å². The van der Waals surface area contributed by atoms with Crippen LogP contribution in [0.1, 0.15) is 18.4 Å². The van der Waals surface area contributed by atoms with Gasteiger partial charge in [0.25, 0.3) is 5.69 Å². The zero-order valence-electron chi connectivity index (χ0n) is 8.84. The van der Waals surface area contributed by atoms with Crippen LogP contribution in [0.4, 0.5) is 11.4 Å². The van der Waals surface area contributed by atoms with E-state index >= 15 is 0 Å². The molecule has 1 aromatic rings. The molecule has 2 rings (SSSR count). The van der Waals surface area contributed by atoms with Gasteiger partial charge in [0.05, 0.1) is 16.6 Å². The van der Waals surface area contributed by atoms with Crippen molar-refractivity contribution in [1.29, 1.82) is 5.26 Å². The third-order valence-electron chi connectivity index (χ3n) is 2.53. The van der Waals surface area contributed by atoms with Crippen LogP contribution in [0.2, 0.25) is 0 Å². The number of nitro groups is 1. The Bertz CT molecular complexity index is 529. The predicted molar refractivity (Wildman–Crippen MR) is 59.2 cm³/mol. The van der Waals surface area contributed by atoms with Crippen molar-refractivity contribution in [3.8, 4) is 6.07 Å². The maximum Gasteiger partial charge on any atom is 0.294 e. The van der Waals surface area contributed by atoms with Gasteiger partial charge in [-0.15, -0.1) is 0 Å². The third kappa shape index (κ3) is 2.39. The molecule has 1 aliphatic rings. The molecule has 0 unspecified atom stereocenters. The molecule has 17 heavy (non-hydrogen) atoms. The Morgan fingerprint density at radius 1 is 1.53 bits per heavy atom. The first-order valence-electron chi connectivity index (χ1n) is 5.11. The van der Waals surface area contributed by atoms with E-state index in [1.54, 1.807) is 0 Å². The molecule has 0 atom stereocenters.